The molecule has 144 valence electrons. The summed E-state index contributed by atoms with van der Waals surface area (Å²) in [5, 5.41) is 1.36. The number of hydrogen-bond acceptors (Lipinski definition) is 5. The number of ether oxygens (including phenoxy) is 1. The molecule has 2 aliphatic rings. The lowest BCUT2D eigenvalue weighted by molar-refractivity contribution is -0.183. The third-order valence-electron chi connectivity index (χ3n) is 4.83. The van der Waals surface area contributed by atoms with Gasteiger partial charge in [-0.2, -0.15) is 0 Å². The molecule has 0 saturated carbocycles. The summed E-state index contributed by atoms with van der Waals surface area (Å²) >= 11 is 12.2. The highest BCUT2D eigenvalue weighted by molar-refractivity contribution is 6.35. The van der Waals surface area contributed by atoms with Crippen LogP contribution in [0, 0.1) is 5.92 Å². The summed E-state index contributed by atoms with van der Waals surface area (Å²) in [6.45, 7) is 0.459. The summed E-state index contributed by atoms with van der Waals surface area (Å²) in [6, 6.07) is 11.2. The van der Waals surface area contributed by atoms with E-state index in [1.165, 1.54) is 12.1 Å². The average molecular weight is 420 g/mol. The van der Waals surface area contributed by atoms with Crippen molar-refractivity contribution >= 4 is 41.0 Å². The number of hydroxylamine groups is 2. The molecule has 2 aromatic rings. The molecule has 2 aliphatic heterocycles. The maximum atomic E-state index is 12.8. The summed E-state index contributed by atoms with van der Waals surface area (Å²) in [6.07, 6.45) is 0.469. The number of carbonyl (C=O) groups is 3. The highest BCUT2D eigenvalue weighted by Gasteiger charge is 2.42. The highest BCUT2D eigenvalue weighted by atomic mass is 35.5. The molecule has 6 nitrogen and oxygen atoms in total. The second-order valence-corrected chi connectivity index (χ2v) is 7.41. The molecule has 1 saturated heterocycles. The van der Waals surface area contributed by atoms with E-state index in [0.717, 1.165) is 0 Å². The van der Waals surface area contributed by atoms with E-state index in [1.807, 2.05) is 0 Å². The Morgan fingerprint density at radius 1 is 1.07 bits per heavy atom. The lowest BCUT2D eigenvalue weighted by Gasteiger charge is -2.31. The largest absolute Gasteiger partial charge is 0.373 e. The Morgan fingerprint density at radius 3 is 2.39 bits per heavy atom. The third kappa shape index (κ3) is 3.28. The summed E-state index contributed by atoms with van der Waals surface area (Å²) in [5.41, 5.74) is 1.02. The maximum absolute atomic E-state index is 12.8. The minimum absolute atomic E-state index is 0.206. The number of nitrogens with zero attached hydrogens (tertiary/aromatic N) is 1. The van der Waals surface area contributed by atoms with Crippen LogP contribution < -0.4 is 0 Å². The molecule has 0 aliphatic carbocycles. The van der Waals surface area contributed by atoms with Crippen molar-refractivity contribution in [1.29, 1.82) is 0 Å². The number of carbonyl (C=O) groups excluding carboxylic acids is 3. The zero-order valence-corrected chi connectivity index (χ0v) is 16.1. The second kappa shape index (κ2) is 7.54. The molecular formula is C20H15Cl2NO5. The van der Waals surface area contributed by atoms with E-state index in [-0.39, 0.29) is 11.1 Å². The van der Waals surface area contributed by atoms with E-state index >= 15 is 0 Å². The van der Waals surface area contributed by atoms with Crippen LogP contribution in [0.25, 0.3) is 0 Å². The van der Waals surface area contributed by atoms with Crippen LogP contribution in [0.4, 0.5) is 0 Å². The van der Waals surface area contributed by atoms with E-state index < -0.39 is 29.8 Å². The van der Waals surface area contributed by atoms with Gasteiger partial charge in [-0.25, -0.2) is 4.79 Å². The SMILES string of the molecule is O=C(ON1C(=O)c2ccccc2C1=O)[C@@H]1CCCO[C@H]1c1ccc(Cl)cc1Cl. The molecule has 1 fully saturated rings. The van der Waals surface area contributed by atoms with E-state index in [4.69, 9.17) is 32.8 Å². The van der Waals surface area contributed by atoms with Crippen molar-refractivity contribution in [2.24, 2.45) is 5.92 Å². The number of rotatable bonds is 3. The van der Waals surface area contributed by atoms with Crippen molar-refractivity contribution in [3.8, 4) is 0 Å². The first-order valence-electron chi connectivity index (χ1n) is 8.73. The molecule has 2 aromatic carbocycles. The fourth-order valence-corrected chi connectivity index (χ4v) is 3.99. The Kier molecular flexibility index (Phi) is 5.10. The van der Waals surface area contributed by atoms with Crippen molar-refractivity contribution in [2.45, 2.75) is 18.9 Å². The van der Waals surface area contributed by atoms with Crippen molar-refractivity contribution in [3.05, 3.63) is 69.2 Å². The first kappa shape index (κ1) is 18.9. The lowest BCUT2D eigenvalue weighted by Crippen LogP contribution is -2.38. The predicted molar refractivity (Wildman–Crippen MR) is 101 cm³/mol. The van der Waals surface area contributed by atoms with Crippen molar-refractivity contribution in [1.82, 2.24) is 5.06 Å². The summed E-state index contributed by atoms with van der Waals surface area (Å²) in [5.74, 6) is -2.75. The first-order chi connectivity index (χ1) is 13.5. The predicted octanol–water partition coefficient (Wildman–Crippen LogP) is 4.22. The molecular weight excluding hydrogens is 405 g/mol. The Bertz CT molecular complexity index is 942. The Balaban J connectivity index is 1.57. The molecule has 0 radical (unpaired) electrons. The van der Waals surface area contributed by atoms with Gasteiger partial charge in [0.15, 0.2) is 0 Å². The van der Waals surface area contributed by atoms with Crippen LogP contribution in [0.1, 0.15) is 45.2 Å². The number of imide groups is 1. The standard InChI is InChI=1S/C20H15Cl2NO5/c21-11-7-8-14(16(22)10-11)17-15(6-3-9-27-17)20(26)28-23-18(24)12-4-1-2-5-13(12)19(23)25/h1-2,4-5,7-8,10,15,17H,3,6,9H2/t15-,17+/m1/s1. The van der Waals surface area contributed by atoms with Crippen LogP contribution in [-0.4, -0.2) is 29.5 Å². The average Bonchev–Trinajstić information content (AvgIpc) is 2.93. The minimum atomic E-state index is -0.717. The second-order valence-electron chi connectivity index (χ2n) is 6.57. The molecule has 2 heterocycles. The van der Waals surface area contributed by atoms with Gasteiger partial charge in [-0.1, -0.05) is 46.5 Å². The van der Waals surface area contributed by atoms with Crippen LogP contribution in [0.15, 0.2) is 42.5 Å². The van der Waals surface area contributed by atoms with Crippen molar-refractivity contribution in [2.75, 3.05) is 6.61 Å². The topological polar surface area (TPSA) is 72.9 Å². The number of amides is 2. The molecule has 0 bridgehead atoms. The minimum Gasteiger partial charge on any atom is -0.373 e. The maximum Gasteiger partial charge on any atom is 0.339 e. The van der Waals surface area contributed by atoms with Gasteiger partial charge < -0.3 is 9.57 Å². The van der Waals surface area contributed by atoms with Crippen LogP contribution in [0.2, 0.25) is 10.0 Å². The van der Waals surface area contributed by atoms with Crippen LogP contribution in [0.3, 0.4) is 0 Å². The van der Waals surface area contributed by atoms with E-state index in [0.29, 0.717) is 40.1 Å². The Morgan fingerprint density at radius 2 is 1.75 bits per heavy atom. The van der Waals surface area contributed by atoms with Crippen LogP contribution in [-0.2, 0) is 14.4 Å². The zero-order chi connectivity index (χ0) is 19.8. The van der Waals surface area contributed by atoms with Crippen molar-refractivity contribution in [3.63, 3.8) is 0 Å². The molecule has 0 unspecified atom stereocenters. The molecule has 28 heavy (non-hydrogen) atoms. The summed E-state index contributed by atoms with van der Waals surface area (Å²) in [7, 11) is 0. The smallest absolute Gasteiger partial charge is 0.339 e. The number of halogens is 2. The molecule has 2 amide bonds. The van der Waals surface area contributed by atoms with Gasteiger partial charge in [0, 0.05) is 22.2 Å². The van der Waals surface area contributed by atoms with E-state index in [9.17, 15) is 14.4 Å². The van der Waals surface area contributed by atoms with Gasteiger partial charge in [-0.05, 0) is 37.1 Å². The zero-order valence-electron chi connectivity index (χ0n) is 14.6. The van der Waals surface area contributed by atoms with Gasteiger partial charge in [0.2, 0.25) is 0 Å². The summed E-state index contributed by atoms with van der Waals surface area (Å²) < 4.78 is 5.78. The Labute approximate surface area is 170 Å². The van der Waals surface area contributed by atoms with Gasteiger partial charge in [0.25, 0.3) is 11.8 Å². The molecule has 0 N–H and O–H groups in total. The third-order valence-corrected chi connectivity index (χ3v) is 5.39. The van der Waals surface area contributed by atoms with E-state index in [1.54, 1.807) is 30.3 Å². The highest BCUT2D eigenvalue weighted by Crippen LogP contribution is 2.39. The van der Waals surface area contributed by atoms with Gasteiger partial charge in [0.05, 0.1) is 23.1 Å². The molecule has 0 aromatic heterocycles. The van der Waals surface area contributed by atoms with Crippen LogP contribution in [0.5, 0.6) is 0 Å². The fourth-order valence-electron chi connectivity index (χ4n) is 3.47. The van der Waals surface area contributed by atoms with Gasteiger partial charge >= 0.3 is 5.97 Å². The summed E-state index contributed by atoms with van der Waals surface area (Å²) in [4.78, 5) is 42.9. The van der Waals surface area contributed by atoms with Gasteiger partial charge in [0.1, 0.15) is 0 Å². The van der Waals surface area contributed by atoms with Crippen LogP contribution >= 0.6 is 23.2 Å². The normalized spacial score (nSPS) is 21.6. The first-order valence-corrected chi connectivity index (χ1v) is 9.49. The van der Waals surface area contributed by atoms with Crippen molar-refractivity contribution < 1.29 is 24.0 Å². The molecule has 0 spiro atoms. The number of fused-ring (bicyclic) bond motifs is 1. The van der Waals surface area contributed by atoms with E-state index in [2.05, 4.69) is 0 Å². The van der Waals surface area contributed by atoms with Gasteiger partial charge in [-0.15, -0.1) is 0 Å². The van der Waals surface area contributed by atoms with Gasteiger partial charge in [-0.3, -0.25) is 9.59 Å². The quantitative estimate of drug-likeness (QED) is 0.696. The Hall–Kier alpha value is -2.41. The molecule has 2 atom stereocenters. The lowest BCUT2D eigenvalue weighted by atomic mass is 9.89. The number of hydrogen-bond donors (Lipinski definition) is 0. The monoisotopic (exact) mass is 419 g/mol. The number of benzene rings is 2. The fraction of sp³-hybridized carbons (Fsp3) is 0.250. The molecule has 8 heteroatoms. The molecule has 4 rings (SSSR count).